The van der Waals surface area contributed by atoms with E-state index >= 15 is 0 Å². The highest BCUT2D eigenvalue weighted by molar-refractivity contribution is 7.78. The van der Waals surface area contributed by atoms with Crippen LogP contribution in [0.5, 0.6) is 0 Å². The molecule has 0 amide bonds. The van der Waals surface area contributed by atoms with Gasteiger partial charge in [0.25, 0.3) is 0 Å². The Balaban J connectivity index is 2.45. The van der Waals surface area contributed by atoms with Crippen molar-refractivity contribution in [2.75, 3.05) is 6.16 Å². The lowest BCUT2D eigenvalue weighted by atomic mass is 10.4. The number of carboxylic acid groups (broad SMARTS) is 1. The van der Waals surface area contributed by atoms with Crippen molar-refractivity contribution < 1.29 is 14.5 Å². The Bertz CT molecular complexity index is 550. The van der Waals surface area contributed by atoms with Crippen LogP contribution in [-0.2, 0) is 9.36 Å². The predicted molar refractivity (Wildman–Crippen MR) is 76.9 cm³/mol. The Labute approximate surface area is 112 Å². The lowest BCUT2D eigenvalue weighted by molar-refractivity contribution is -0.136. The molecule has 4 heteroatoms. The Morgan fingerprint density at radius 2 is 1.32 bits per heavy atom. The second-order valence-electron chi connectivity index (χ2n) is 4.28. The van der Waals surface area contributed by atoms with Gasteiger partial charge in [0.15, 0.2) is 0 Å². The SMILES string of the molecule is O=C(O)CCP(=O)(c1ccccc1)c1ccccc1. The molecule has 0 aliphatic rings. The molecular weight excluding hydrogens is 259 g/mol. The highest BCUT2D eigenvalue weighted by atomic mass is 31.2. The van der Waals surface area contributed by atoms with E-state index in [9.17, 15) is 9.36 Å². The van der Waals surface area contributed by atoms with E-state index in [2.05, 4.69) is 0 Å². The van der Waals surface area contributed by atoms with Gasteiger partial charge in [-0.1, -0.05) is 60.7 Å². The zero-order valence-electron chi connectivity index (χ0n) is 10.4. The van der Waals surface area contributed by atoms with Crippen LogP contribution in [0.1, 0.15) is 6.42 Å². The molecule has 0 aliphatic heterocycles. The summed E-state index contributed by atoms with van der Waals surface area (Å²) < 4.78 is 13.3. The molecule has 98 valence electrons. The molecule has 2 aromatic rings. The van der Waals surface area contributed by atoms with Crippen LogP contribution in [0.15, 0.2) is 60.7 Å². The standard InChI is InChI=1S/C15H15O3P/c16-15(17)11-12-19(18,13-7-3-1-4-8-13)14-9-5-2-6-10-14/h1-10H,11-12H2,(H,16,17). The summed E-state index contributed by atoms with van der Waals surface area (Å²) in [5.41, 5.74) is 0. The molecule has 3 nitrogen and oxygen atoms in total. The third-order valence-corrected chi connectivity index (χ3v) is 6.11. The largest absolute Gasteiger partial charge is 0.481 e. The predicted octanol–water partition coefficient (Wildman–Crippen LogP) is 2.48. The van der Waals surface area contributed by atoms with Gasteiger partial charge in [0.1, 0.15) is 7.14 Å². The molecule has 1 N–H and O–H groups in total. The van der Waals surface area contributed by atoms with E-state index in [1.54, 1.807) is 24.3 Å². The van der Waals surface area contributed by atoms with E-state index in [1.165, 1.54) is 0 Å². The van der Waals surface area contributed by atoms with Gasteiger partial charge in [0.2, 0.25) is 0 Å². The Hall–Kier alpha value is -1.86. The fourth-order valence-electron chi connectivity index (χ4n) is 2.00. The first-order valence-electron chi connectivity index (χ1n) is 6.05. The van der Waals surface area contributed by atoms with Gasteiger partial charge in [-0.25, -0.2) is 0 Å². The quantitative estimate of drug-likeness (QED) is 0.852. The minimum atomic E-state index is -2.86. The van der Waals surface area contributed by atoms with Gasteiger partial charge >= 0.3 is 5.97 Å². The fourth-order valence-corrected chi connectivity index (χ4v) is 4.63. The van der Waals surface area contributed by atoms with Crippen molar-refractivity contribution in [3.05, 3.63) is 60.7 Å². The Kier molecular flexibility index (Phi) is 4.18. The first-order valence-corrected chi connectivity index (χ1v) is 7.94. The normalized spacial score (nSPS) is 11.2. The lowest BCUT2D eigenvalue weighted by Gasteiger charge is -2.18. The average molecular weight is 274 g/mol. The first kappa shape index (κ1) is 13.6. The second-order valence-corrected chi connectivity index (χ2v) is 7.24. The summed E-state index contributed by atoms with van der Waals surface area (Å²) in [5.74, 6) is -0.924. The second kappa shape index (κ2) is 5.85. The monoisotopic (exact) mass is 274 g/mol. The van der Waals surface area contributed by atoms with E-state index in [0.717, 1.165) is 0 Å². The summed E-state index contributed by atoms with van der Waals surface area (Å²) in [6, 6.07) is 18.2. The summed E-state index contributed by atoms with van der Waals surface area (Å²) >= 11 is 0. The maximum Gasteiger partial charge on any atom is 0.303 e. The van der Waals surface area contributed by atoms with E-state index in [4.69, 9.17) is 5.11 Å². The van der Waals surface area contributed by atoms with Crippen LogP contribution in [0.3, 0.4) is 0 Å². The molecule has 0 fully saturated rings. The van der Waals surface area contributed by atoms with E-state index in [1.807, 2.05) is 36.4 Å². The number of benzene rings is 2. The summed E-state index contributed by atoms with van der Waals surface area (Å²) in [6.45, 7) is 0. The van der Waals surface area contributed by atoms with Crippen LogP contribution in [0, 0.1) is 0 Å². The van der Waals surface area contributed by atoms with Crippen LogP contribution in [0.25, 0.3) is 0 Å². The summed E-state index contributed by atoms with van der Waals surface area (Å²) in [7, 11) is -2.86. The summed E-state index contributed by atoms with van der Waals surface area (Å²) in [4.78, 5) is 10.8. The van der Waals surface area contributed by atoms with E-state index < -0.39 is 13.1 Å². The lowest BCUT2D eigenvalue weighted by Crippen LogP contribution is -2.19. The molecule has 0 atom stereocenters. The average Bonchev–Trinajstić information content (AvgIpc) is 2.46. The molecule has 0 heterocycles. The fraction of sp³-hybridized carbons (Fsp3) is 0.133. The van der Waals surface area contributed by atoms with Crippen molar-refractivity contribution in [2.24, 2.45) is 0 Å². The Morgan fingerprint density at radius 3 is 1.68 bits per heavy atom. The molecule has 0 radical (unpaired) electrons. The molecule has 0 bridgehead atoms. The molecule has 0 saturated carbocycles. The molecule has 2 rings (SSSR count). The highest BCUT2D eigenvalue weighted by Gasteiger charge is 2.27. The topological polar surface area (TPSA) is 54.4 Å². The molecule has 19 heavy (non-hydrogen) atoms. The van der Waals surface area contributed by atoms with Gasteiger partial charge in [-0.3, -0.25) is 4.79 Å². The van der Waals surface area contributed by atoms with Crippen molar-refractivity contribution in [1.29, 1.82) is 0 Å². The van der Waals surface area contributed by atoms with Gasteiger partial charge in [0.05, 0.1) is 6.42 Å². The molecule has 0 spiro atoms. The third kappa shape index (κ3) is 3.12. The highest BCUT2D eigenvalue weighted by Crippen LogP contribution is 2.43. The minimum Gasteiger partial charge on any atom is -0.481 e. The summed E-state index contributed by atoms with van der Waals surface area (Å²) in [6.07, 6.45) is 0.0530. The maximum atomic E-state index is 13.3. The van der Waals surface area contributed by atoms with Gasteiger partial charge in [0, 0.05) is 16.8 Å². The number of rotatable bonds is 5. The minimum absolute atomic E-state index is 0.0962. The van der Waals surface area contributed by atoms with Crippen LogP contribution < -0.4 is 10.6 Å². The molecule has 0 aromatic heterocycles. The number of aliphatic carboxylic acids is 1. The van der Waals surface area contributed by atoms with E-state index in [-0.39, 0.29) is 12.6 Å². The van der Waals surface area contributed by atoms with Gasteiger partial charge in [-0.15, -0.1) is 0 Å². The molecule has 2 aromatic carbocycles. The van der Waals surface area contributed by atoms with Crippen LogP contribution in [0.2, 0.25) is 0 Å². The van der Waals surface area contributed by atoms with Crippen LogP contribution in [0.4, 0.5) is 0 Å². The van der Waals surface area contributed by atoms with Crippen molar-refractivity contribution in [3.63, 3.8) is 0 Å². The third-order valence-electron chi connectivity index (χ3n) is 2.99. The van der Waals surface area contributed by atoms with Crippen LogP contribution in [-0.4, -0.2) is 17.2 Å². The number of carbonyl (C=O) groups is 1. The van der Waals surface area contributed by atoms with Crippen molar-refractivity contribution >= 4 is 23.7 Å². The van der Waals surface area contributed by atoms with Crippen LogP contribution >= 0.6 is 7.14 Å². The zero-order chi connectivity index (χ0) is 13.7. The maximum absolute atomic E-state index is 13.3. The van der Waals surface area contributed by atoms with E-state index in [0.29, 0.717) is 10.6 Å². The number of hydrogen-bond donors (Lipinski definition) is 1. The van der Waals surface area contributed by atoms with Gasteiger partial charge < -0.3 is 9.67 Å². The van der Waals surface area contributed by atoms with Gasteiger partial charge in [-0.05, 0) is 0 Å². The molecule has 0 unspecified atom stereocenters. The smallest absolute Gasteiger partial charge is 0.303 e. The number of carboxylic acids is 1. The van der Waals surface area contributed by atoms with Gasteiger partial charge in [-0.2, -0.15) is 0 Å². The van der Waals surface area contributed by atoms with Crippen molar-refractivity contribution in [3.8, 4) is 0 Å². The summed E-state index contributed by atoms with van der Waals surface area (Å²) in [5, 5.41) is 10.3. The molecule has 0 aliphatic carbocycles. The van der Waals surface area contributed by atoms with Crippen molar-refractivity contribution in [1.82, 2.24) is 0 Å². The Morgan fingerprint density at radius 1 is 0.895 bits per heavy atom. The molecular formula is C15H15O3P. The molecule has 0 saturated heterocycles. The first-order chi connectivity index (χ1) is 9.13. The number of hydrogen-bond acceptors (Lipinski definition) is 2. The van der Waals surface area contributed by atoms with Crippen molar-refractivity contribution in [2.45, 2.75) is 6.42 Å². The zero-order valence-corrected chi connectivity index (χ0v) is 11.3.